The molecule has 3 heterocycles. The smallest absolute Gasteiger partial charge is 0.0605 e. The normalized spacial score (nSPS) is 10.3. The van der Waals surface area contributed by atoms with Gasteiger partial charge >= 0.3 is 0 Å². The van der Waals surface area contributed by atoms with Crippen molar-refractivity contribution in [3.63, 3.8) is 0 Å². The van der Waals surface area contributed by atoms with Crippen LogP contribution >= 0.6 is 34.0 Å². The van der Waals surface area contributed by atoms with Crippen molar-refractivity contribution in [1.29, 1.82) is 0 Å². The molecule has 0 amide bonds. The Labute approximate surface area is 112 Å². The Morgan fingerprint density at radius 3 is 2.47 bits per heavy atom. The van der Waals surface area contributed by atoms with E-state index < -0.39 is 0 Å². The fraction of sp³-hybridized carbons (Fsp3) is 0. The zero-order chi connectivity index (χ0) is 11.7. The van der Waals surface area contributed by atoms with Gasteiger partial charge in [-0.1, -0.05) is 12.0 Å². The molecule has 3 aromatic rings. The molecule has 0 aliphatic rings. The summed E-state index contributed by atoms with van der Waals surface area (Å²) in [5.41, 5.74) is 2.29. The minimum Gasteiger partial charge on any atom is -0.144 e. The number of hydrogen-bond donors (Lipinski definition) is 0. The number of hydrogen-bond acceptors (Lipinski definition) is 3. The van der Waals surface area contributed by atoms with Gasteiger partial charge in [0.05, 0.1) is 9.75 Å². The third-order valence-electron chi connectivity index (χ3n) is 2.48. The lowest BCUT2D eigenvalue weighted by atomic mass is 10.1. The van der Waals surface area contributed by atoms with E-state index in [0.717, 1.165) is 5.56 Å². The van der Waals surface area contributed by atoms with E-state index in [1.54, 1.807) is 34.0 Å². The van der Waals surface area contributed by atoms with Crippen LogP contribution in [0, 0.1) is 12.3 Å². The van der Waals surface area contributed by atoms with Crippen LogP contribution in [0.1, 0.15) is 5.56 Å². The van der Waals surface area contributed by atoms with Crippen LogP contribution in [0.2, 0.25) is 0 Å². The van der Waals surface area contributed by atoms with Gasteiger partial charge < -0.3 is 0 Å². The van der Waals surface area contributed by atoms with E-state index >= 15 is 0 Å². The van der Waals surface area contributed by atoms with E-state index in [1.807, 2.05) is 6.07 Å². The Morgan fingerprint density at radius 2 is 1.71 bits per heavy atom. The summed E-state index contributed by atoms with van der Waals surface area (Å²) in [6, 6.07) is 8.42. The van der Waals surface area contributed by atoms with Crippen molar-refractivity contribution in [2.75, 3.05) is 0 Å². The molecule has 0 saturated carbocycles. The molecule has 0 unspecified atom stereocenters. The number of terminal acetylenes is 1. The van der Waals surface area contributed by atoms with E-state index in [-0.39, 0.29) is 0 Å². The first-order valence-corrected chi connectivity index (χ1v) is 7.70. The topological polar surface area (TPSA) is 0 Å². The lowest BCUT2D eigenvalue weighted by Crippen LogP contribution is -1.75. The van der Waals surface area contributed by atoms with Gasteiger partial charge in [-0.15, -0.1) is 40.4 Å². The molecule has 0 bridgehead atoms. The second-order valence-corrected chi connectivity index (χ2v) is 6.23. The molecule has 0 nitrogen and oxygen atoms in total. The highest BCUT2D eigenvalue weighted by Crippen LogP contribution is 2.42. The highest BCUT2D eigenvalue weighted by Gasteiger charge is 2.13. The lowest BCUT2D eigenvalue weighted by Gasteiger charge is -2.00. The van der Waals surface area contributed by atoms with Gasteiger partial charge in [0.2, 0.25) is 0 Å². The van der Waals surface area contributed by atoms with E-state index in [0.29, 0.717) is 0 Å². The van der Waals surface area contributed by atoms with E-state index in [9.17, 15) is 0 Å². The van der Waals surface area contributed by atoms with Crippen LogP contribution in [-0.4, -0.2) is 0 Å². The molecule has 0 saturated heterocycles. The zero-order valence-corrected chi connectivity index (χ0v) is 11.3. The van der Waals surface area contributed by atoms with Gasteiger partial charge in [-0.05, 0) is 34.3 Å². The molecule has 82 valence electrons. The summed E-state index contributed by atoms with van der Waals surface area (Å²) in [4.78, 5) is 3.80. The fourth-order valence-corrected chi connectivity index (χ4v) is 4.49. The summed E-state index contributed by atoms with van der Waals surface area (Å²) < 4.78 is 0. The van der Waals surface area contributed by atoms with Gasteiger partial charge in [0.1, 0.15) is 0 Å². The highest BCUT2D eigenvalue weighted by atomic mass is 32.1. The van der Waals surface area contributed by atoms with Crippen LogP contribution in [0.25, 0.3) is 20.2 Å². The molecule has 0 atom stereocenters. The average Bonchev–Trinajstić information content (AvgIpc) is 3.09. The fourth-order valence-electron chi connectivity index (χ4n) is 1.71. The molecule has 0 radical (unpaired) electrons. The third kappa shape index (κ3) is 1.85. The SMILES string of the molecule is C#Cc1ccsc1-c1sccc1-c1cccs1. The van der Waals surface area contributed by atoms with Crippen molar-refractivity contribution in [3.8, 4) is 32.5 Å². The van der Waals surface area contributed by atoms with E-state index in [1.165, 1.54) is 20.2 Å². The maximum absolute atomic E-state index is 5.53. The molecule has 0 aliphatic carbocycles. The summed E-state index contributed by atoms with van der Waals surface area (Å²) in [6.45, 7) is 0. The summed E-state index contributed by atoms with van der Waals surface area (Å²) in [5.74, 6) is 2.76. The number of thiophene rings is 3. The molecule has 0 aliphatic heterocycles. The predicted molar refractivity (Wildman–Crippen MR) is 78.9 cm³/mol. The van der Waals surface area contributed by atoms with Crippen molar-refractivity contribution < 1.29 is 0 Å². The van der Waals surface area contributed by atoms with Crippen LogP contribution in [0.15, 0.2) is 40.4 Å². The Morgan fingerprint density at radius 1 is 0.882 bits per heavy atom. The highest BCUT2D eigenvalue weighted by molar-refractivity contribution is 7.21. The molecular weight excluding hydrogens is 264 g/mol. The average molecular weight is 272 g/mol. The van der Waals surface area contributed by atoms with Crippen molar-refractivity contribution in [2.24, 2.45) is 0 Å². The standard InChI is InChI=1S/C14H8S3/c1-2-10-5-8-16-13(10)14-11(6-9-17-14)12-4-3-7-15-12/h1,3-9H. The zero-order valence-electron chi connectivity index (χ0n) is 8.84. The largest absolute Gasteiger partial charge is 0.144 e. The van der Waals surface area contributed by atoms with Gasteiger partial charge in [-0.3, -0.25) is 0 Å². The van der Waals surface area contributed by atoms with Gasteiger partial charge in [-0.2, -0.15) is 0 Å². The van der Waals surface area contributed by atoms with Crippen LogP contribution in [0.4, 0.5) is 0 Å². The lowest BCUT2D eigenvalue weighted by molar-refractivity contribution is 1.81. The van der Waals surface area contributed by atoms with Crippen LogP contribution < -0.4 is 0 Å². The summed E-state index contributed by atoms with van der Waals surface area (Å²) in [5, 5.41) is 6.29. The molecule has 3 rings (SSSR count). The molecule has 17 heavy (non-hydrogen) atoms. The van der Waals surface area contributed by atoms with E-state index in [4.69, 9.17) is 6.42 Å². The predicted octanol–water partition coefficient (Wildman–Crippen LogP) is 5.19. The summed E-state index contributed by atoms with van der Waals surface area (Å²) in [7, 11) is 0. The minimum absolute atomic E-state index is 0.996. The Bertz CT molecular complexity index is 662. The van der Waals surface area contributed by atoms with Crippen molar-refractivity contribution in [1.82, 2.24) is 0 Å². The van der Waals surface area contributed by atoms with Gasteiger partial charge in [-0.25, -0.2) is 0 Å². The first-order valence-electron chi connectivity index (χ1n) is 5.06. The van der Waals surface area contributed by atoms with E-state index in [2.05, 4.69) is 40.3 Å². The first kappa shape index (κ1) is 10.8. The van der Waals surface area contributed by atoms with Gasteiger partial charge in [0, 0.05) is 16.0 Å². The van der Waals surface area contributed by atoms with Crippen LogP contribution in [0.3, 0.4) is 0 Å². The van der Waals surface area contributed by atoms with Gasteiger partial charge in [0.25, 0.3) is 0 Å². The molecule has 0 spiro atoms. The second kappa shape index (κ2) is 4.50. The van der Waals surface area contributed by atoms with Crippen molar-refractivity contribution in [3.05, 3.63) is 46.0 Å². The van der Waals surface area contributed by atoms with Crippen LogP contribution in [0.5, 0.6) is 0 Å². The molecule has 0 N–H and O–H groups in total. The maximum atomic E-state index is 5.53. The summed E-state index contributed by atoms with van der Waals surface area (Å²) in [6.07, 6.45) is 5.53. The minimum atomic E-state index is 0.996. The van der Waals surface area contributed by atoms with Gasteiger partial charge in [0.15, 0.2) is 0 Å². The monoisotopic (exact) mass is 272 g/mol. The maximum Gasteiger partial charge on any atom is 0.0605 e. The molecule has 0 fully saturated rings. The Hall–Kier alpha value is -1.34. The quantitative estimate of drug-likeness (QED) is 0.563. The third-order valence-corrected chi connectivity index (χ3v) is 5.37. The Balaban J connectivity index is 2.18. The first-order chi connectivity index (χ1) is 8.40. The van der Waals surface area contributed by atoms with Crippen LogP contribution in [-0.2, 0) is 0 Å². The molecule has 0 aromatic carbocycles. The molecule has 3 aromatic heterocycles. The molecular formula is C14H8S3. The van der Waals surface area contributed by atoms with Crippen molar-refractivity contribution >= 4 is 34.0 Å². The van der Waals surface area contributed by atoms with Crippen molar-refractivity contribution in [2.45, 2.75) is 0 Å². The second-order valence-electron chi connectivity index (χ2n) is 3.45. The molecule has 3 heteroatoms. The summed E-state index contributed by atoms with van der Waals surface area (Å²) >= 11 is 5.24. The Kier molecular flexibility index (Phi) is 2.86. The number of rotatable bonds is 2.